The second-order valence-electron chi connectivity index (χ2n) is 5.32. The molecular formula is C11H16F5NOS2. The van der Waals surface area contributed by atoms with Crippen molar-refractivity contribution in [3.05, 3.63) is 29.8 Å². The van der Waals surface area contributed by atoms with Gasteiger partial charge in [-0.3, -0.25) is 0 Å². The van der Waals surface area contributed by atoms with E-state index in [1.165, 1.54) is 0 Å². The van der Waals surface area contributed by atoms with Crippen molar-refractivity contribution < 1.29 is 23.6 Å². The van der Waals surface area contributed by atoms with E-state index in [4.69, 9.17) is 0 Å². The molecular weight excluding hydrogens is 321 g/mol. The van der Waals surface area contributed by atoms with Crippen molar-refractivity contribution in [2.75, 3.05) is 0 Å². The van der Waals surface area contributed by atoms with Crippen LogP contribution in [0.15, 0.2) is 29.2 Å². The first-order valence-electron chi connectivity index (χ1n) is 5.58. The summed E-state index contributed by atoms with van der Waals surface area (Å²) in [5, 5.41) is 0. The maximum absolute atomic E-state index is 12.5. The molecule has 0 saturated heterocycles. The molecule has 0 radical (unpaired) electrons. The Balaban J connectivity index is 2.83. The SMILES string of the molecule is CC(C)(C)S(=O)NCc1ccc(S(F)(F)(F)(F)F)cc1. The van der Waals surface area contributed by atoms with E-state index >= 15 is 0 Å². The van der Waals surface area contributed by atoms with E-state index < -0.39 is 30.9 Å². The van der Waals surface area contributed by atoms with Crippen LogP contribution < -0.4 is 4.72 Å². The number of rotatable bonds is 4. The summed E-state index contributed by atoms with van der Waals surface area (Å²) >= 11 is 0. The third kappa shape index (κ3) is 5.02. The Hall–Kier alpha value is -0.670. The average Bonchev–Trinajstić information content (AvgIpc) is 2.22. The van der Waals surface area contributed by atoms with Crippen LogP contribution in [0.1, 0.15) is 26.3 Å². The Labute approximate surface area is 117 Å². The van der Waals surface area contributed by atoms with Crippen molar-refractivity contribution >= 4 is 21.2 Å². The van der Waals surface area contributed by atoms with Crippen molar-refractivity contribution in [3.63, 3.8) is 0 Å². The highest BCUT2D eigenvalue weighted by Crippen LogP contribution is 3.02. The summed E-state index contributed by atoms with van der Waals surface area (Å²) in [5.74, 6) is 0. The fraction of sp³-hybridized carbons (Fsp3) is 0.455. The van der Waals surface area contributed by atoms with Gasteiger partial charge in [0.05, 0.1) is 15.7 Å². The molecule has 1 aromatic carbocycles. The average molecular weight is 337 g/mol. The number of hydrogen-bond acceptors (Lipinski definition) is 1. The highest BCUT2D eigenvalue weighted by Gasteiger charge is 2.65. The lowest BCUT2D eigenvalue weighted by molar-refractivity contribution is 0.364. The van der Waals surface area contributed by atoms with Gasteiger partial charge in [-0.05, 0) is 38.5 Å². The molecule has 9 heteroatoms. The maximum Gasteiger partial charge on any atom is 0.310 e. The van der Waals surface area contributed by atoms with Gasteiger partial charge in [-0.25, -0.2) is 8.93 Å². The van der Waals surface area contributed by atoms with Crippen molar-refractivity contribution in [2.45, 2.75) is 37.0 Å². The van der Waals surface area contributed by atoms with Crippen LogP contribution in [-0.2, 0) is 17.5 Å². The topological polar surface area (TPSA) is 29.1 Å². The lowest BCUT2D eigenvalue weighted by Gasteiger charge is -2.40. The molecule has 0 aliphatic carbocycles. The lowest BCUT2D eigenvalue weighted by Crippen LogP contribution is -2.32. The van der Waals surface area contributed by atoms with Gasteiger partial charge in [-0.15, -0.1) is 0 Å². The van der Waals surface area contributed by atoms with Crippen molar-refractivity contribution in [3.8, 4) is 0 Å². The van der Waals surface area contributed by atoms with Gasteiger partial charge in [-0.2, -0.15) is 0 Å². The van der Waals surface area contributed by atoms with Crippen molar-refractivity contribution in [1.82, 2.24) is 4.72 Å². The zero-order chi connectivity index (χ0) is 15.9. The lowest BCUT2D eigenvalue weighted by atomic mass is 10.2. The Morgan fingerprint density at radius 2 is 1.50 bits per heavy atom. The fourth-order valence-electron chi connectivity index (χ4n) is 1.23. The minimum Gasteiger partial charge on any atom is -0.242 e. The summed E-state index contributed by atoms with van der Waals surface area (Å²) in [6.45, 7) is 5.22. The second kappa shape index (κ2) is 4.41. The Bertz CT molecular complexity index is 518. The molecule has 1 N–H and O–H groups in total. The Morgan fingerprint density at radius 1 is 1.05 bits per heavy atom. The molecule has 2 nitrogen and oxygen atoms in total. The van der Waals surface area contributed by atoms with E-state index in [2.05, 4.69) is 4.72 Å². The van der Waals surface area contributed by atoms with Gasteiger partial charge in [0.25, 0.3) is 0 Å². The third-order valence-corrected chi connectivity index (χ3v) is 5.01. The number of hydrogen-bond donors (Lipinski definition) is 1. The molecule has 20 heavy (non-hydrogen) atoms. The van der Waals surface area contributed by atoms with Crippen molar-refractivity contribution in [2.24, 2.45) is 0 Å². The summed E-state index contributed by atoms with van der Waals surface area (Å²) in [7, 11) is -11.0. The largest absolute Gasteiger partial charge is 0.310 e. The molecule has 0 amide bonds. The summed E-state index contributed by atoms with van der Waals surface area (Å²) in [6, 6.07) is 2.58. The molecule has 0 aromatic heterocycles. The zero-order valence-electron chi connectivity index (χ0n) is 11.1. The van der Waals surface area contributed by atoms with Gasteiger partial charge in [-0.1, -0.05) is 31.6 Å². The predicted octanol–water partition coefficient (Wildman–Crippen LogP) is 4.90. The maximum atomic E-state index is 12.5. The van der Waals surface area contributed by atoms with Crippen LogP contribution >= 0.6 is 10.2 Å². The highest BCUT2D eigenvalue weighted by atomic mass is 32.5. The zero-order valence-corrected chi connectivity index (χ0v) is 12.8. The van der Waals surface area contributed by atoms with Gasteiger partial charge in [0.1, 0.15) is 4.90 Å². The quantitative estimate of drug-likeness (QED) is 0.778. The Kier molecular flexibility index (Phi) is 3.83. The molecule has 1 unspecified atom stereocenters. The molecule has 118 valence electrons. The molecule has 0 aliphatic heterocycles. The Morgan fingerprint density at radius 3 is 1.85 bits per heavy atom. The second-order valence-corrected chi connectivity index (χ2v) is 9.78. The molecule has 0 fully saturated rings. The van der Waals surface area contributed by atoms with E-state index in [0.29, 0.717) is 17.7 Å². The normalized spacial score (nSPS) is 18.2. The molecule has 0 saturated carbocycles. The molecule has 0 heterocycles. The highest BCUT2D eigenvalue weighted by molar-refractivity contribution is 8.45. The van der Waals surface area contributed by atoms with E-state index in [0.717, 1.165) is 12.1 Å². The van der Waals surface area contributed by atoms with Crippen LogP contribution in [0.3, 0.4) is 0 Å². The summed E-state index contributed by atoms with van der Waals surface area (Å²) in [6.07, 6.45) is 0. The van der Waals surface area contributed by atoms with E-state index in [1.807, 2.05) is 0 Å². The van der Waals surface area contributed by atoms with Gasteiger partial charge in [0.15, 0.2) is 0 Å². The van der Waals surface area contributed by atoms with Crippen molar-refractivity contribution in [1.29, 1.82) is 0 Å². The smallest absolute Gasteiger partial charge is 0.242 e. The molecule has 0 aliphatic rings. The van der Waals surface area contributed by atoms with E-state index in [-0.39, 0.29) is 6.54 Å². The minimum absolute atomic E-state index is 0.0322. The first-order valence-corrected chi connectivity index (χ1v) is 8.68. The van der Waals surface area contributed by atoms with Gasteiger partial charge < -0.3 is 0 Å². The van der Waals surface area contributed by atoms with Crippen LogP contribution in [0.2, 0.25) is 0 Å². The standard InChI is InChI=1S/C11H16F5NOS2/c1-11(2,3)19(18)17-8-9-4-6-10(7-5-9)20(12,13,14,15)16/h4-7,17H,8H2,1-3H3. The number of benzene rings is 1. The fourth-order valence-corrected chi connectivity index (χ4v) is 2.61. The summed E-state index contributed by atoms with van der Waals surface area (Å²) < 4.78 is 76.2. The molecule has 1 atom stereocenters. The van der Waals surface area contributed by atoms with Crippen LogP contribution in [0, 0.1) is 0 Å². The molecule has 0 spiro atoms. The molecule has 0 bridgehead atoms. The monoisotopic (exact) mass is 337 g/mol. The van der Waals surface area contributed by atoms with Gasteiger partial charge >= 0.3 is 10.2 Å². The van der Waals surface area contributed by atoms with Gasteiger partial charge in [0, 0.05) is 6.54 Å². The van der Waals surface area contributed by atoms with Gasteiger partial charge in [0.2, 0.25) is 0 Å². The van der Waals surface area contributed by atoms with E-state index in [1.54, 1.807) is 20.8 Å². The van der Waals surface area contributed by atoms with E-state index in [9.17, 15) is 23.6 Å². The summed E-state index contributed by atoms with van der Waals surface area (Å²) in [4.78, 5) is -1.93. The minimum atomic E-state index is -9.61. The van der Waals surface area contributed by atoms with Crippen LogP contribution in [-0.4, -0.2) is 8.96 Å². The number of nitrogens with one attached hydrogen (secondary N) is 1. The van der Waals surface area contributed by atoms with Crippen LogP contribution in [0.4, 0.5) is 19.4 Å². The third-order valence-electron chi connectivity index (χ3n) is 2.33. The summed E-state index contributed by atoms with van der Waals surface area (Å²) in [5.41, 5.74) is 0.341. The first kappa shape index (κ1) is 17.4. The van der Waals surface area contributed by atoms with Crippen LogP contribution in [0.25, 0.3) is 0 Å². The van der Waals surface area contributed by atoms with Crippen LogP contribution in [0.5, 0.6) is 0 Å². The number of halogens is 5. The first-order chi connectivity index (χ1) is 8.59. The predicted molar refractivity (Wildman–Crippen MR) is 72.6 cm³/mol. The molecule has 1 rings (SSSR count). The molecule has 1 aromatic rings.